The van der Waals surface area contributed by atoms with Crippen molar-refractivity contribution >= 4 is 0 Å². The first-order chi connectivity index (χ1) is 8.95. The quantitative estimate of drug-likeness (QED) is 0.835. The lowest BCUT2D eigenvalue weighted by atomic mass is 10.0. The highest BCUT2D eigenvalue weighted by Crippen LogP contribution is 2.31. The second-order valence-electron chi connectivity index (χ2n) is 3.99. The Morgan fingerprint density at radius 3 is 2.44 bits per heavy atom. The van der Waals surface area contributed by atoms with E-state index in [0.717, 1.165) is 17.9 Å². The summed E-state index contributed by atoms with van der Waals surface area (Å²) in [5, 5.41) is 3.41. The molecule has 18 heavy (non-hydrogen) atoms. The summed E-state index contributed by atoms with van der Waals surface area (Å²) < 4.78 is 5.82. The zero-order valence-electron chi connectivity index (χ0n) is 9.73. The highest BCUT2D eigenvalue weighted by molar-refractivity contribution is 5.15. The number of rotatable bonds is 2. The van der Waals surface area contributed by atoms with Crippen LogP contribution in [0.4, 0.5) is 0 Å². The van der Waals surface area contributed by atoms with E-state index in [4.69, 9.17) is 4.74 Å². The molecule has 2 aromatic heterocycles. The third-order valence-electron chi connectivity index (χ3n) is 2.89. The summed E-state index contributed by atoms with van der Waals surface area (Å²) in [4.78, 5) is 16.4. The molecule has 0 radical (unpaired) electrons. The minimum Gasteiger partial charge on any atom is -0.369 e. The molecule has 1 aliphatic heterocycles. The zero-order valence-corrected chi connectivity index (χ0v) is 9.73. The minimum atomic E-state index is -0.142. The Bertz CT molecular complexity index is 445. The van der Waals surface area contributed by atoms with Crippen LogP contribution in [0.2, 0.25) is 0 Å². The number of hydrogen-bond acceptors (Lipinski definition) is 6. The zero-order chi connectivity index (χ0) is 12.2. The second-order valence-corrected chi connectivity index (χ2v) is 3.99. The van der Waals surface area contributed by atoms with Crippen molar-refractivity contribution < 1.29 is 4.74 Å². The molecule has 3 heterocycles. The van der Waals surface area contributed by atoms with Crippen molar-refractivity contribution in [3.8, 4) is 0 Å². The number of nitrogens with one attached hydrogen (secondary N) is 1. The molecular weight excluding hydrogens is 230 g/mol. The van der Waals surface area contributed by atoms with Gasteiger partial charge in [0.1, 0.15) is 18.8 Å². The van der Waals surface area contributed by atoms with Crippen molar-refractivity contribution in [2.24, 2.45) is 0 Å². The average Bonchev–Trinajstić information content (AvgIpc) is 2.49. The predicted molar refractivity (Wildman–Crippen MR) is 63.5 cm³/mol. The van der Waals surface area contributed by atoms with Gasteiger partial charge in [0.25, 0.3) is 0 Å². The Hall–Kier alpha value is -1.92. The highest BCUT2D eigenvalue weighted by atomic mass is 16.5. The maximum Gasteiger partial charge on any atom is 0.121 e. The van der Waals surface area contributed by atoms with Crippen molar-refractivity contribution in [2.75, 3.05) is 13.2 Å². The third-order valence-corrected chi connectivity index (χ3v) is 2.89. The van der Waals surface area contributed by atoms with E-state index in [1.807, 2.05) is 12.1 Å². The molecule has 6 nitrogen and oxygen atoms in total. The number of nitrogens with zero attached hydrogens (tertiary/aromatic N) is 4. The summed E-state index contributed by atoms with van der Waals surface area (Å²) in [6.45, 7) is 1.46. The molecule has 0 aromatic carbocycles. The molecule has 1 fully saturated rings. The molecule has 1 N–H and O–H groups in total. The van der Waals surface area contributed by atoms with Gasteiger partial charge in [-0.05, 0) is 12.1 Å². The van der Waals surface area contributed by atoms with E-state index in [1.54, 1.807) is 18.7 Å². The van der Waals surface area contributed by atoms with Gasteiger partial charge in [-0.1, -0.05) is 0 Å². The second kappa shape index (κ2) is 5.16. The van der Waals surface area contributed by atoms with Gasteiger partial charge in [0.05, 0.1) is 24.0 Å². The fraction of sp³-hybridized carbons (Fsp3) is 0.333. The van der Waals surface area contributed by atoms with Gasteiger partial charge in [-0.15, -0.1) is 0 Å². The van der Waals surface area contributed by atoms with Crippen LogP contribution < -0.4 is 5.32 Å². The topological polar surface area (TPSA) is 72.8 Å². The van der Waals surface area contributed by atoms with Crippen molar-refractivity contribution in [1.29, 1.82) is 0 Å². The average molecular weight is 243 g/mol. The Labute approximate surface area is 104 Å². The monoisotopic (exact) mass is 243 g/mol. The summed E-state index contributed by atoms with van der Waals surface area (Å²) in [6, 6.07) is 3.75. The maximum absolute atomic E-state index is 5.82. The largest absolute Gasteiger partial charge is 0.369 e. The summed E-state index contributed by atoms with van der Waals surface area (Å²) >= 11 is 0. The molecule has 2 aromatic rings. The van der Waals surface area contributed by atoms with Crippen LogP contribution in [-0.2, 0) is 4.74 Å². The number of aromatic nitrogens is 4. The first-order valence-corrected chi connectivity index (χ1v) is 5.82. The van der Waals surface area contributed by atoms with Crippen LogP contribution in [0.3, 0.4) is 0 Å². The molecule has 0 bridgehead atoms. The lowest BCUT2D eigenvalue weighted by Crippen LogP contribution is -2.38. The molecule has 0 spiro atoms. The van der Waals surface area contributed by atoms with Gasteiger partial charge in [-0.25, -0.2) is 19.9 Å². The van der Waals surface area contributed by atoms with Crippen molar-refractivity contribution in [2.45, 2.75) is 12.1 Å². The van der Waals surface area contributed by atoms with Crippen LogP contribution in [0.1, 0.15) is 23.5 Å². The normalized spacial score (nSPS) is 23.8. The number of ether oxygens (including phenoxy) is 1. The number of morpholine rings is 1. The maximum atomic E-state index is 5.82. The summed E-state index contributed by atoms with van der Waals surface area (Å²) in [5.41, 5.74) is 1.77. The lowest BCUT2D eigenvalue weighted by molar-refractivity contribution is -0.0102. The summed E-state index contributed by atoms with van der Waals surface area (Å²) in [6.07, 6.45) is 6.39. The molecule has 2 unspecified atom stereocenters. The molecule has 1 aliphatic rings. The van der Waals surface area contributed by atoms with E-state index < -0.39 is 0 Å². The Kier molecular flexibility index (Phi) is 3.20. The molecule has 2 atom stereocenters. The van der Waals surface area contributed by atoms with E-state index in [1.165, 1.54) is 6.33 Å². The Morgan fingerprint density at radius 1 is 1.06 bits per heavy atom. The summed E-state index contributed by atoms with van der Waals surface area (Å²) in [7, 11) is 0. The predicted octanol–water partition coefficient (Wildman–Crippen LogP) is 0.669. The van der Waals surface area contributed by atoms with Crippen LogP contribution in [0, 0.1) is 0 Å². The first-order valence-electron chi connectivity index (χ1n) is 5.82. The molecule has 0 amide bonds. The van der Waals surface area contributed by atoms with Gasteiger partial charge in [-0.2, -0.15) is 0 Å². The third kappa shape index (κ3) is 2.20. The van der Waals surface area contributed by atoms with Crippen LogP contribution in [-0.4, -0.2) is 33.1 Å². The number of hydrogen-bond donors (Lipinski definition) is 1. The van der Waals surface area contributed by atoms with Gasteiger partial charge in [0.15, 0.2) is 0 Å². The molecule has 0 aliphatic carbocycles. The van der Waals surface area contributed by atoms with Crippen molar-refractivity contribution in [3.05, 3.63) is 48.6 Å². The lowest BCUT2D eigenvalue weighted by Gasteiger charge is -2.31. The van der Waals surface area contributed by atoms with Gasteiger partial charge in [0, 0.05) is 18.9 Å². The first kappa shape index (κ1) is 11.2. The van der Waals surface area contributed by atoms with Gasteiger partial charge < -0.3 is 10.1 Å². The SMILES string of the molecule is c1cc(C2NCCOC2c2ccncn2)ncn1. The molecule has 6 heteroatoms. The van der Waals surface area contributed by atoms with E-state index in [0.29, 0.717) is 6.61 Å². The Morgan fingerprint density at radius 2 is 1.78 bits per heavy atom. The molecule has 3 rings (SSSR count). The van der Waals surface area contributed by atoms with Gasteiger partial charge in [0.2, 0.25) is 0 Å². The molecule has 1 saturated heterocycles. The van der Waals surface area contributed by atoms with Crippen LogP contribution >= 0.6 is 0 Å². The standard InChI is InChI=1S/C12H13N5O/c1-3-13-7-16-9(1)11-12(18-6-5-15-11)10-2-4-14-8-17-10/h1-4,7-8,11-12,15H,5-6H2. The Balaban J connectivity index is 1.92. The highest BCUT2D eigenvalue weighted by Gasteiger charge is 2.30. The van der Waals surface area contributed by atoms with Crippen molar-refractivity contribution in [3.63, 3.8) is 0 Å². The van der Waals surface area contributed by atoms with Crippen LogP contribution in [0.15, 0.2) is 37.2 Å². The van der Waals surface area contributed by atoms with E-state index in [2.05, 4.69) is 25.3 Å². The van der Waals surface area contributed by atoms with Gasteiger partial charge in [-0.3, -0.25) is 0 Å². The van der Waals surface area contributed by atoms with Gasteiger partial charge >= 0.3 is 0 Å². The fourth-order valence-corrected chi connectivity index (χ4v) is 2.07. The fourth-order valence-electron chi connectivity index (χ4n) is 2.07. The molecular formula is C12H13N5O. The van der Waals surface area contributed by atoms with E-state index in [9.17, 15) is 0 Å². The van der Waals surface area contributed by atoms with E-state index >= 15 is 0 Å². The van der Waals surface area contributed by atoms with Crippen LogP contribution in [0.25, 0.3) is 0 Å². The summed E-state index contributed by atoms with van der Waals surface area (Å²) in [5.74, 6) is 0. The van der Waals surface area contributed by atoms with E-state index in [-0.39, 0.29) is 12.1 Å². The molecule has 0 saturated carbocycles. The molecule has 92 valence electrons. The van der Waals surface area contributed by atoms with Crippen LogP contribution in [0.5, 0.6) is 0 Å². The minimum absolute atomic E-state index is 0.00310. The smallest absolute Gasteiger partial charge is 0.121 e. The van der Waals surface area contributed by atoms with Crippen molar-refractivity contribution in [1.82, 2.24) is 25.3 Å².